The number of hydrogen-bond acceptors (Lipinski definition) is 1. The van der Waals surface area contributed by atoms with Crippen molar-refractivity contribution in [2.75, 3.05) is 5.33 Å². The Morgan fingerprint density at radius 1 is 1.46 bits per heavy atom. The van der Waals surface area contributed by atoms with Gasteiger partial charge in [0, 0.05) is 17.1 Å². The number of nitrogens with zero attached hydrogens (tertiary/aromatic N) is 1. The predicted octanol–water partition coefficient (Wildman–Crippen LogP) is 4.19. The van der Waals surface area contributed by atoms with Crippen LogP contribution >= 0.6 is 39.1 Å². The number of allylic oxidation sites excluding steroid dienone is 1. The first-order chi connectivity index (χ1) is 6.24. The molecular weight excluding hydrogens is 273 g/mol. The Morgan fingerprint density at radius 3 is 2.92 bits per heavy atom. The Balaban J connectivity index is 2.81. The molecule has 0 N–H and O–H groups in total. The molecule has 0 aromatic carbocycles. The van der Waals surface area contributed by atoms with Crippen LogP contribution in [0.4, 0.5) is 0 Å². The smallest absolute Gasteiger partial charge is 0.136 e. The summed E-state index contributed by atoms with van der Waals surface area (Å²) in [6.45, 7) is 0. The van der Waals surface area contributed by atoms with Crippen LogP contribution in [0.3, 0.4) is 0 Å². The summed E-state index contributed by atoms with van der Waals surface area (Å²) in [6.07, 6.45) is 6.44. The van der Waals surface area contributed by atoms with Crippen molar-refractivity contribution in [3.8, 4) is 0 Å². The molecule has 0 radical (unpaired) electrons. The third-order valence-corrected chi connectivity index (χ3v) is 2.39. The second kappa shape index (κ2) is 5.63. The average Bonchev–Trinajstić information content (AvgIpc) is 2.11. The van der Waals surface area contributed by atoms with Gasteiger partial charge in [-0.05, 0) is 12.5 Å². The van der Waals surface area contributed by atoms with E-state index in [4.69, 9.17) is 23.2 Å². The van der Waals surface area contributed by atoms with E-state index in [-0.39, 0.29) is 0 Å². The highest BCUT2D eigenvalue weighted by Gasteiger charge is 1.97. The predicted molar refractivity (Wildman–Crippen MR) is 61.7 cm³/mol. The summed E-state index contributed by atoms with van der Waals surface area (Å²) < 4.78 is 0. The van der Waals surface area contributed by atoms with E-state index >= 15 is 0 Å². The monoisotopic (exact) mass is 279 g/mol. The van der Waals surface area contributed by atoms with Crippen LogP contribution in [0, 0.1) is 0 Å². The molecule has 1 heterocycles. The fraction of sp³-hybridized carbons (Fsp3) is 0.222. The minimum atomic E-state index is 0.482. The van der Waals surface area contributed by atoms with Gasteiger partial charge in [0.25, 0.3) is 0 Å². The fourth-order valence-electron chi connectivity index (χ4n) is 0.828. The van der Waals surface area contributed by atoms with Crippen molar-refractivity contribution in [1.82, 2.24) is 4.98 Å². The van der Waals surface area contributed by atoms with Crippen LogP contribution < -0.4 is 0 Å². The summed E-state index contributed by atoms with van der Waals surface area (Å²) in [5, 5.41) is 2.02. The highest BCUT2D eigenvalue weighted by molar-refractivity contribution is 9.09. The van der Waals surface area contributed by atoms with E-state index in [1.54, 1.807) is 6.07 Å². The van der Waals surface area contributed by atoms with Crippen molar-refractivity contribution in [2.24, 2.45) is 0 Å². The van der Waals surface area contributed by atoms with Crippen molar-refractivity contribution >= 4 is 45.2 Å². The molecule has 0 bridgehead atoms. The third kappa shape index (κ3) is 3.67. The summed E-state index contributed by atoms with van der Waals surface area (Å²) in [5.41, 5.74) is 0.857. The summed E-state index contributed by atoms with van der Waals surface area (Å²) in [6, 6.07) is 1.79. The van der Waals surface area contributed by atoms with Gasteiger partial charge in [0.1, 0.15) is 5.15 Å². The lowest BCUT2D eigenvalue weighted by molar-refractivity contribution is 1.26. The number of alkyl halides is 1. The molecule has 13 heavy (non-hydrogen) atoms. The van der Waals surface area contributed by atoms with E-state index in [0.29, 0.717) is 10.2 Å². The van der Waals surface area contributed by atoms with Crippen molar-refractivity contribution in [3.63, 3.8) is 0 Å². The highest BCUT2D eigenvalue weighted by atomic mass is 79.9. The van der Waals surface area contributed by atoms with Gasteiger partial charge in [0.05, 0.1) is 5.02 Å². The molecule has 0 spiro atoms. The molecule has 1 aromatic heterocycles. The molecule has 0 aliphatic rings. The molecule has 1 aromatic rings. The van der Waals surface area contributed by atoms with Crippen molar-refractivity contribution in [3.05, 3.63) is 34.1 Å². The number of rotatable bonds is 3. The maximum Gasteiger partial charge on any atom is 0.136 e. The molecule has 1 rings (SSSR count). The van der Waals surface area contributed by atoms with Crippen molar-refractivity contribution in [1.29, 1.82) is 0 Å². The maximum atomic E-state index is 5.84. The molecule has 0 saturated carbocycles. The van der Waals surface area contributed by atoms with Gasteiger partial charge in [-0.2, -0.15) is 0 Å². The topological polar surface area (TPSA) is 12.9 Å². The molecule has 0 aliphatic heterocycles. The van der Waals surface area contributed by atoms with Gasteiger partial charge in [0.15, 0.2) is 0 Å². The molecule has 0 atom stereocenters. The Hall–Kier alpha value is -0.0500. The lowest BCUT2D eigenvalue weighted by atomic mass is 10.2. The first-order valence-corrected chi connectivity index (χ1v) is 5.65. The largest absolute Gasteiger partial charge is 0.242 e. The second-order valence-corrected chi connectivity index (χ2v) is 4.00. The first-order valence-electron chi connectivity index (χ1n) is 3.77. The zero-order valence-electron chi connectivity index (χ0n) is 6.80. The Kier molecular flexibility index (Phi) is 4.78. The minimum absolute atomic E-state index is 0.482. The zero-order chi connectivity index (χ0) is 9.68. The molecule has 0 unspecified atom stereocenters. The summed E-state index contributed by atoms with van der Waals surface area (Å²) in [5.74, 6) is 0. The second-order valence-electron chi connectivity index (χ2n) is 2.41. The Bertz CT molecular complexity index is 312. The van der Waals surface area contributed by atoms with Crippen LogP contribution in [0.25, 0.3) is 6.08 Å². The molecule has 1 nitrogen and oxygen atoms in total. The molecule has 0 aliphatic carbocycles. The van der Waals surface area contributed by atoms with Crippen LogP contribution in [0.2, 0.25) is 10.2 Å². The fourth-order valence-corrected chi connectivity index (χ4v) is 1.43. The quantitative estimate of drug-likeness (QED) is 0.598. The van der Waals surface area contributed by atoms with Gasteiger partial charge in [-0.15, -0.1) is 0 Å². The van der Waals surface area contributed by atoms with E-state index in [0.717, 1.165) is 17.3 Å². The van der Waals surface area contributed by atoms with Gasteiger partial charge in [-0.1, -0.05) is 51.3 Å². The number of pyridine rings is 1. The van der Waals surface area contributed by atoms with E-state index in [2.05, 4.69) is 20.9 Å². The van der Waals surface area contributed by atoms with Gasteiger partial charge in [-0.3, -0.25) is 0 Å². The highest BCUT2D eigenvalue weighted by Crippen LogP contribution is 2.18. The van der Waals surface area contributed by atoms with E-state index in [1.165, 1.54) is 6.20 Å². The van der Waals surface area contributed by atoms with Gasteiger partial charge in [-0.25, -0.2) is 4.98 Å². The van der Waals surface area contributed by atoms with E-state index in [1.807, 2.05) is 12.2 Å². The maximum absolute atomic E-state index is 5.84. The average molecular weight is 281 g/mol. The minimum Gasteiger partial charge on any atom is -0.242 e. The molecule has 0 saturated heterocycles. The van der Waals surface area contributed by atoms with Gasteiger partial charge < -0.3 is 0 Å². The van der Waals surface area contributed by atoms with E-state index in [9.17, 15) is 0 Å². The molecule has 0 fully saturated rings. The molecular formula is C9H8BrCl2N. The SMILES string of the molecule is Clc1cnc(Cl)c(C=CCCBr)c1. The first kappa shape index (κ1) is 11.0. The van der Waals surface area contributed by atoms with Crippen LogP contribution in [0.15, 0.2) is 18.3 Å². The van der Waals surface area contributed by atoms with Crippen LogP contribution in [0.5, 0.6) is 0 Å². The van der Waals surface area contributed by atoms with Crippen LogP contribution in [-0.4, -0.2) is 10.3 Å². The molecule has 4 heteroatoms. The van der Waals surface area contributed by atoms with Crippen LogP contribution in [0.1, 0.15) is 12.0 Å². The lowest BCUT2D eigenvalue weighted by Gasteiger charge is -1.97. The van der Waals surface area contributed by atoms with Gasteiger partial charge in [0.2, 0.25) is 0 Å². The number of halogens is 3. The van der Waals surface area contributed by atoms with Crippen molar-refractivity contribution < 1.29 is 0 Å². The normalized spacial score (nSPS) is 11.0. The molecule has 70 valence electrons. The van der Waals surface area contributed by atoms with Gasteiger partial charge >= 0.3 is 0 Å². The molecule has 0 amide bonds. The third-order valence-electron chi connectivity index (χ3n) is 1.41. The summed E-state index contributed by atoms with van der Waals surface area (Å²) in [4.78, 5) is 3.93. The Morgan fingerprint density at radius 2 is 2.23 bits per heavy atom. The summed E-state index contributed by atoms with van der Waals surface area (Å²) >= 11 is 14.9. The van der Waals surface area contributed by atoms with Crippen molar-refractivity contribution in [2.45, 2.75) is 6.42 Å². The Labute approximate surface area is 95.9 Å². The van der Waals surface area contributed by atoms with Crippen LogP contribution in [-0.2, 0) is 0 Å². The standard InChI is InChI=1S/C9H8BrCl2N/c10-4-2-1-3-7-5-8(11)6-13-9(7)12/h1,3,5-6H,2,4H2. The van der Waals surface area contributed by atoms with E-state index < -0.39 is 0 Å². The zero-order valence-corrected chi connectivity index (χ0v) is 9.90. The lowest BCUT2D eigenvalue weighted by Crippen LogP contribution is -1.80. The summed E-state index contributed by atoms with van der Waals surface area (Å²) in [7, 11) is 0. The number of hydrogen-bond donors (Lipinski definition) is 0. The number of aromatic nitrogens is 1.